The van der Waals surface area contributed by atoms with E-state index in [9.17, 15) is 4.79 Å². The Morgan fingerprint density at radius 1 is 1.04 bits per heavy atom. The Labute approximate surface area is 147 Å². The van der Waals surface area contributed by atoms with E-state index >= 15 is 0 Å². The van der Waals surface area contributed by atoms with Crippen molar-refractivity contribution in [2.75, 3.05) is 20.4 Å². The zero-order chi connectivity index (χ0) is 17.5. The van der Waals surface area contributed by atoms with Gasteiger partial charge in [-0.2, -0.15) is 0 Å². The molecule has 0 aromatic heterocycles. The first kappa shape index (κ1) is 17.1. The van der Waals surface area contributed by atoms with E-state index in [-0.39, 0.29) is 12.7 Å². The van der Waals surface area contributed by atoms with Gasteiger partial charge < -0.3 is 24.8 Å². The molecular weight excluding hydrogens is 320 g/mol. The number of benzene rings is 2. The SMILES string of the molecule is COc1ccc(CNC(=O)CCNCc2ccc3c(c2)OCO3)cc1. The minimum atomic E-state index is 0.0222. The van der Waals surface area contributed by atoms with Crippen molar-refractivity contribution in [1.82, 2.24) is 10.6 Å². The maximum atomic E-state index is 11.9. The Morgan fingerprint density at radius 2 is 1.80 bits per heavy atom. The van der Waals surface area contributed by atoms with Crippen LogP contribution in [0.4, 0.5) is 0 Å². The van der Waals surface area contributed by atoms with E-state index in [4.69, 9.17) is 14.2 Å². The molecule has 6 heteroatoms. The lowest BCUT2D eigenvalue weighted by Crippen LogP contribution is -2.27. The number of amides is 1. The monoisotopic (exact) mass is 342 g/mol. The summed E-state index contributed by atoms with van der Waals surface area (Å²) in [5.74, 6) is 2.38. The summed E-state index contributed by atoms with van der Waals surface area (Å²) in [5.41, 5.74) is 2.14. The number of carbonyl (C=O) groups is 1. The molecule has 25 heavy (non-hydrogen) atoms. The number of hydrogen-bond donors (Lipinski definition) is 2. The maximum Gasteiger partial charge on any atom is 0.231 e. The number of rotatable bonds is 8. The number of methoxy groups -OCH3 is 1. The molecule has 0 spiro atoms. The predicted octanol–water partition coefficient (Wildman–Crippen LogP) is 2.22. The van der Waals surface area contributed by atoms with Gasteiger partial charge >= 0.3 is 0 Å². The van der Waals surface area contributed by atoms with Gasteiger partial charge in [-0.1, -0.05) is 18.2 Å². The highest BCUT2D eigenvalue weighted by molar-refractivity contribution is 5.76. The van der Waals surface area contributed by atoms with Gasteiger partial charge in [0.2, 0.25) is 12.7 Å². The van der Waals surface area contributed by atoms with Gasteiger partial charge in [0.25, 0.3) is 0 Å². The van der Waals surface area contributed by atoms with E-state index in [0.717, 1.165) is 28.4 Å². The van der Waals surface area contributed by atoms with Gasteiger partial charge in [-0.05, 0) is 35.4 Å². The summed E-state index contributed by atoms with van der Waals surface area (Å²) in [4.78, 5) is 11.9. The molecule has 2 aromatic carbocycles. The molecule has 1 heterocycles. The third-order valence-electron chi connectivity index (χ3n) is 3.94. The lowest BCUT2D eigenvalue weighted by molar-refractivity contribution is -0.121. The number of fused-ring (bicyclic) bond motifs is 1. The van der Waals surface area contributed by atoms with Crippen molar-refractivity contribution < 1.29 is 19.0 Å². The zero-order valence-corrected chi connectivity index (χ0v) is 14.2. The lowest BCUT2D eigenvalue weighted by Gasteiger charge is -2.08. The molecule has 1 aliphatic rings. The van der Waals surface area contributed by atoms with Gasteiger partial charge in [0.1, 0.15) is 5.75 Å². The molecule has 0 atom stereocenters. The molecule has 6 nitrogen and oxygen atoms in total. The average molecular weight is 342 g/mol. The predicted molar refractivity (Wildman–Crippen MR) is 93.7 cm³/mol. The van der Waals surface area contributed by atoms with Crippen LogP contribution in [0.3, 0.4) is 0 Å². The maximum absolute atomic E-state index is 11.9. The van der Waals surface area contributed by atoms with E-state index in [1.165, 1.54) is 0 Å². The first-order chi connectivity index (χ1) is 12.2. The Kier molecular flexibility index (Phi) is 5.74. The van der Waals surface area contributed by atoms with Crippen molar-refractivity contribution in [3.63, 3.8) is 0 Å². The van der Waals surface area contributed by atoms with Crippen LogP contribution >= 0.6 is 0 Å². The second kappa shape index (κ2) is 8.39. The van der Waals surface area contributed by atoms with Crippen LogP contribution < -0.4 is 24.8 Å². The number of carbonyl (C=O) groups excluding carboxylic acids is 1. The molecule has 0 saturated heterocycles. The van der Waals surface area contributed by atoms with Crippen LogP contribution in [0.15, 0.2) is 42.5 Å². The summed E-state index contributed by atoms with van der Waals surface area (Å²) in [7, 11) is 1.63. The summed E-state index contributed by atoms with van der Waals surface area (Å²) in [6.45, 7) is 2.09. The van der Waals surface area contributed by atoms with Crippen LogP contribution in [0.2, 0.25) is 0 Å². The first-order valence-corrected chi connectivity index (χ1v) is 8.23. The molecule has 0 saturated carbocycles. The van der Waals surface area contributed by atoms with Crippen LogP contribution in [-0.4, -0.2) is 26.4 Å². The van der Waals surface area contributed by atoms with Crippen LogP contribution in [-0.2, 0) is 17.9 Å². The van der Waals surface area contributed by atoms with Gasteiger partial charge in [-0.3, -0.25) is 4.79 Å². The van der Waals surface area contributed by atoms with E-state index in [2.05, 4.69) is 10.6 Å². The molecule has 1 aliphatic heterocycles. The summed E-state index contributed by atoms with van der Waals surface area (Å²) < 4.78 is 15.7. The highest BCUT2D eigenvalue weighted by atomic mass is 16.7. The second-order valence-corrected chi connectivity index (χ2v) is 5.74. The molecule has 132 valence electrons. The van der Waals surface area contributed by atoms with Crippen LogP contribution in [0.5, 0.6) is 17.2 Å². The second-order valence-electron chi connectivity index (χ2n) is 5.74. The van der Waals surface area contributed by atoms with Crippen LogP contribution in [0, 0.1) is 0 Å². The van der Waals surface area contributed by atoms with Crippen molar-refractivity contribution in [3.05, 3.63) is 53.6 Å². The van der Waals surface area contributed by atoms with E-state index in [0.29, 0.717) is 26.1 Å². The van der Waals surface area contributed by atoms with Crippen molar-refractivity contribution in [2.45, 2.75) is 19.5 Å². The third kappa shape index (κ3) is 4.87. The molecule has 2 aromatic rings. The molecule has 3 rings (SSSR count). The van der Waals surface area contributed by atoms with Crippen LogP contribution in [0.25, 0.3) is 0 Å². The largest absolute Gasteiger partial charge is 0.497 e. The Hall–Kier alpha value is -2.73. The molecule has 1 amide bonds. The summed E-state index contributed by atoms with van der Waals surface area (Å²) in [5, 5.41) is 6.18. The summed E-state index contributed by atoms with van der Waals surface area (Å²) in [6, 6.07) is 13.5. The van der Waals surface area contributed by atoms with Gasteiger partial charge in [-0.15, -0.1) is 0 Å². The average Bonchev–Trinajstić information content (AvgIpc) is 3.12. The fourth-order valence-corrected chi connectivity index (χ4v) is 2.52. The molecule has 0 unspecified atom stereocenters. The molecule has 0 bridgehead atoms. The number of ether oxygens (including phenoxy) is 3. The topological polar surface area (TPSA) is 68.8 Å². The molecule has 0 radical (unpaired) electrons. The first-order valence-electron chi connectivity index (χ1n) is 8.23. The number of hydrogen-bond acceptors (Lipinski definition) is 5. The van der Waals surface area contributed by atoms with E-state index in [1.807, 2.05) is 42.5 Å². The third-order valence-corrected chi connectivity index (χ3v) is 3.94. The highest BCUT2D eigenvalue weighted by Gasteiger charge is 2.12. The fourth-order valence-electron chi connectivity index (χ4n) is 2.52. The van der Waals surface area contributed by atoms with Gasteiger partial charge in [0.15, 0.2) is 11.5 Å². The Balaban J connectivity index is 1.33. The van der Waals surface area contributed by atoms with E-state index in [1.54, 1.807) is 7.11 Å². The number of nitrogens with one attached hydrogen (secondary N) is 2. The molecule has 0 aliphatic carbocycles. The smallest absolute Gasteiger partial charge is 0.231 e. The minimum Gasteiger partial charge on any atom is -0.497 e. The Bertz CT molecular complexity index is 716. The molecule has 2 N–H and O–H groups in total. The molecule has 0 fully saturated rings. The van der Waals surface area contributed by atoms with Crippen molar-refractivity contribution >= 4 is 5.91 Å². The van der Waals surface area contributed by atoms with Gasteiger partial charge in [0.05, 0.1) is 7.11 Å². The summed E-state index contributed by atoms with van der Waals surface area (Å²) >= 11 is 0. The fraction of sp³-hybridized carbons (Fsp3) is 0.316. The minimum absolute atomic E-state index is 0.0222. The summed E-state index contributed by atoms with van der Waals surface area (Å²) in [6.07, 6.45) is 0.431. The van der Waals surface area contributed by atoms with Crippen LogP contribution in [0.1, 0.15) is 17.5 Å². The quantitative estimate of drug-likeness (QED) is 0.720. The lowest BCUT2D eigenvalue weighted by atomic mass is 10.2. The zero-order valence-electron chi connectivity index (χ0n) is 14.2. The van der Waals surface area contributed by atoms with Crippen molar-refractivity contribution in [1.29, 1.82) is 0 Å². The highest BCUT2D eigenvalue weighted by Crippen LogP contribution is 2.32. The normalized spacial score (nSPS) is 12.0. The van der Waals surface area contributed by atoms with Crippen molar-refractivity contribution in [3.8, 4) is 17.2 Å². The van der Waals surface area contributed by atoms with Gasteiger partial charge in [-0.25, -0.2) is 0 Å². The van der Waals surface area contributed by atoms with Gasteiger partial charge in [0, 0.05) is 26.1 Å². The molecular formula is C19H22N2O4. The standard InChI is InChI=1S/C19H22N2O4/c1-23-16-5-2-14(3-6-16)12-21-19(22)8-9-20-11-15-4-7-17-18(10-15)25-13-24-17/h2-7,10,20H,8-9,11-13H2,1H3,(H,21,22). The Morgan fingerprint density at radius 3 is 2.60 bits per heavy atom. The van der Waals surface area contributed by atoms with Crippen molar-refractivity contribution in [2.24, 2.45) is 0 Å². The van der Waals surface area contributed by atoms with E-state index < -0.39 is 0 Å².